The maximum Gasteiger partial charge on any atom is 0.255 e. The van der Waals surface area contributed by atoms with E-state index < -0.39 is 0 Å². The van der Waals surface area contributed by atoms with Crippen LogP contribution in [-0.4, -0.2) is 42.8 Å². The van der Waals surface area contributed by atoms with Crippen LogP contribution in [0.25, 0.3) is 0 Å². The molecule has 0 aliphatic carbocycles. The number of ether oxygens (including phenoxy) is 1. The SMILES string of the molecule is COc1ccccc1C(=O)NCCN1C(=O)CCC1=O. The van der Waals surface area contributed by atoms with Gasteiger partial charge in [-0.1, -0.05) is 12.1 Å². The minimum absolute atomic E-state index is 0.179. The fraction of sp³-hybridized carbons (Fsp3) is 0.357. The number of imide groups is 1. The molecule has 1 aromatic rings. The lowest BCUT2D eigenvalue weighted by molar-refractivity contribution is -0.138. The Hall–Kier alpha value is -2.37. The Morgan fingerprint density at radius 2 is 1.90 bits per heavy atom. The van der Waals surface area contributed by atoms with E-state index in [4.69, 9.17) is 4.74 Å². The van der Waals surface area contributed by atoms with Crippen molar-refractivity contribution in [3.05, 3.63) is 29.8 Å². The molecule has 0 bridgehead atoms. The van der Waals surface area contributed by atoms with Crippen molar-refractivity contribution < 1.29 is 19.1 Å². The molecule has 0 atom stereocenters. The highest BCUT2D eigenvalue weighted by Gasteiger charge is 2.28. The highest BCUT2D eigenvalue weighted by molar-refractivity contribution is 6.02. The van der Waals surface area contributed by atoms with Crippen LogP contribution in [0.2, 0.25) is 0 Å². The average Bonchev–Trinajstić information content (AvgIpc) is 2.78. The molecule has 20 heavy (non-hydrogen) atoms. The van der Waals surface area contributed by atoms with Crippen molar-refractivity contribution in [1.82, 2.24) is 10.2 Å². The van der Waals surface area contributed by atoms with Gasteiger partial charge in [0, 0.05) is 25.9 Å². The molecule has 0 aromatic heterocycles. The smallest absolute Gasteiger partial charge is 0.255 e. The molecule has 0 radical (unpaired) electrons. The third kappa shape index (κ3) is 2.96. The number of methoxy groups -OCH3 is 1. The van der Waals surface area contributed by atoms with Crippen LogP contribution in [0.15, 0.2) is 24.3 Å². The number of amides is 3. The molecule has 1 heterocycles. The molecule has 106 valence electrons. The summed E-state index contributed by atoms with van der Waals surface area (Å²) in [7, 11) is 1.49. The summed E-state index contributed by atoms with van der Waals surface area (Å²) in [5.74, 6) is -0.164. The average molecular weight is 276 g/mol. The van der Waals surface area contributed by atoms with E-state index >= 15 is 0 Å². The largest absolute Gasteiger partial charge is 0.496 e. The lowest BCUT2D eigenvalue weighted by Crippen LogP contribution is -2.37. The van der Waals surface area contributed by atoms with Crippen molar-refractivity contribution in [2.24, 2.45) is 0 Å². The summed E-state index contributed by atoms with van der Waals surface area (Å²) in [5, 5.41) is 2.68. The molecule has 1 fully saturated rings. The quantitative estimate of drug-likeness (QED) is 0.798. The number of hydrogen-bond donors (Lipinski definition) is 1. The van der Waals surface area contributed by atoms with Gasteiger partial charge < -0.3 is 10.1 Å². The summed E-state index contributed by atoms with van der Waals surface area (Å²) in [6, 6.07) is 6.87. The van der Waals surface area contributed by atoms with Crippen LogP contribution in [-0.2, 0) is 9.59 Å². The molecule has 6 nitrogen and oxygen atoms in total. The van der Waals surface area contributed by atoms with Crippen molar-refractivity contribution in [2.45, 2.75) is 12.8 Å². The van der Waals surface area contributed by atoms with E-state index in [-0.39, 0.29) is 43.7 Å². The fourth-order valence-electron chi connectivity index (χ4n) is 2.08. The van der Waals surface area contributed by atoms with Crippen LogP contribution in [0, 0.1) is 0 Å². The van der Waals surface area contributed by atoms with Crippen molar-refractivity contribution in [3.8, 4) is 5.75 Å². The van der Waals surface area contributed by atoms with Gasteiger partial charge in [-0.3, -0.25) is 19.3 Å². The normalized spacial score (nSPS) is 14.6. The molecule has 0 spiro atoms. The minimum atomic E-state index is -0.290. The number of rotatable bonds is 5. The summed E-state index contributed by atoms with van der Waals surface area (Å²) in [4.78, 5) is 36.0. The van der Waals surface area contributed by atoms with Crippen LogP contribution in [0.1, 0.15) is 23.2 Å². The third-order valence-electron chi connectivity index (χ3n) is 3.13. The van der Waals surface area contributed by atoms with Gasteiger partial charge in [0.25, 0.3) is 5.91 Å². The van der Waals surface area contributed by atoms with Gasteiger partial charge in [-0.25, -0.2) is 0 Å². The molecular weight excluding hydrogens is 260 g/mol. The highest BCUT2D eigenvalue weighted by Crippen LogP contribution is 2.16. The highest BCUT2D eigenvalue weighted by atomic mass is 16.5. The summed E-state index contributed by atoms with van der Waals surface area (Å²) >= 11 is 0. The Morgan fingerprint density at radius 1 is 1.25 bits per heavy atom. The number of benzene rings is 1. The Morgan fingerprint density at radius 3 is 2.55 bits per heavy atom. The molecule has 0 unspecified atom stereocenters. The number of likely N-dealkylation sites (tertiary alicyclic amines) is 1. The van der Waals surface area contributed by atoms with Gasteiger partial charge in [0.1, 0.15) is 5.75 Å². The third-order valence-corrected chi connectivity index (χ3v) is 3.13. The van der Waals surface area contributed by atoms with E-state index in [9.17, 15) is 14.4 Å². The number of nitrogens with one attached hydrogen (secondary N) is 1. The number of carbonyl (C=O) groups excluding carboxylic acids is 3. The van der Waals surface area contributed by atoms with E-state index in [0.29, 0.717) is 11.3 Å². The maximum absolute atomic E-state index is 12.0. The van der Waals surface area contributed by atoms with Crippen LogP contribution in [0.5, 0.6) is 5.75 Å². The van der Waals surface area contributed by atoms with Gasteiger partial charge in [0.05, 0.1) is 12.7 Å². The molecule has 2 rings (SSSR count). The molecular formula is C14H16N2O4. The zero-order valence-corrected chi connectivity index (χ0v) is 11.2. The van der Waals surface area contributed by atoms with Crippen LogP contribution < -0.4 is 10.1 Å². The predicted molar refractivity (Wildman–Crippen MR) is 71.3 cm³/mol. The van der Waals surface area contributed by atoms with Gasteiger partial charge in [0.2, 0.25) is 11.8 Å². The van der Waals surface area contributed by atoms with E-state index in [1.807, 2.05) is 0 Å². The number of nitrogens with zero attached hydrogens (tertiary/aromatic N) is 1. The van der Waals surface area contributed by atoms with Gasteiger partial charge in [-0.15, -0.1) is 0 Å². The second-order valence-corrected chi connectivity index (χ2v) is 4.40. The summed E-state index contributed by atoms with van der Waals surface area (Å²) in [5.41, 5.74) is 0.425. The van der Waals surface area contributed by atoms with E-state index in [2.05, 4.69) is 5.32 Å². The first-order valence-electron chi connectivity index (χ1n) is 6.38. The lowest BCUT2D eigenvalue weighted by atomic mass is 10.2. The topological polar surface area (TPSA) is 75.7 Å². The molecule has 1 N–H and O–H groups in total. The second-order valence-electron chi connectivity index (χ2n) is 4.40. The zero-order valence-electron chi connectivity index (χ0n) is 11.2. The van der Waals surface area contributed by atoms with Crippen LogP contribution in [0.3, 0.4) is 0 Å². The van der Waals surface area contributed by atoms with Crippen molar-refractivity contribution >= 4 is 17.7 Å². The summed E-state index contributed by atoms with van der Waals surface area (Å²) < 4.78 is 5.10. The molecule has 3 amide bonds. The predicted octanol–water partition coefficient (Wildman–Crippen LogP) is 0.574. The lowest BCUT2D eigenvalue weighted by Gasteiger charge is -2.14. The van der Waals surface area contributed by atoms with E-state index in [1.165, 1.54) is 12.0 Å². The van der Waals surface area contributed by atoms with Gasteiger partial charge in [-0.05, 0) is 12.1 Å². The van der Waals surface area contributed by atoms with E-state index in [0.717, 1.165) is 0 Å². The number of hydrogen-bond acceptors (Lipinski definition) is 4. The monoisotopic (exact) mass is 276 g/mol. The van der Waals surface area contributed by atoms with Crippen molar-refractivity contribution in [2.75, 3.05) is 20.2 Å². The van der Waals surface area contributed by atoms with E-state index in [1.54, 1.807) is 24.3 Å². The maximum atomic E-state index is 12.0. The minimum Gasteiger partial charge on any atom is -0.496 e. The molecule has 1 aromatic carbocycles. The Kier molecular flexibility index (Phi) is 4.34. The molecule has 0 saturated carbocycles. The zero-order chi connectivity index (χ0) is 14.5. The molecule has 1 aliphatic heterocycles. The number of carbonyl (C=O) groups is 3. The first-order valence-corrected chi connectivity index (χ1v) is 6.38. The van der Waals surface area contributed by atoms with Crippen LogP contribution in [0.4, 0.5) is 0 Å². The fourth-order valence-corrected chi connectivity index (χ4v) is 2.08. The standard InChI is InChI=1S/C14H16N2O4/c1-20-11-5-3-2-4-10(11)14(19)15-8-9-16-12(17)6-7-13(16)18/h2-5H,6-9H2,1H3,(H,15,19). The first kappa shape index (κ1) is 14.0. The Labute approximate surface area is 116 Å². The summed E-state index contributed by atoms with van der Waals surface area (Å²) in [6.45, 7) is 0.437. The summed E-state index contributed by atoms with van der Waals surface area (Å²) in [6.07, 6.45) is 0.526. The molecule has 1 aliphatic rings. The van der Waals surface area contributed by atoms with Crippen LogP contribution >= 0.6 is 0 Å². The van der Waals surface area contributed by atoms with Gasteiger partial charge in [-0.2, -0.15) is 0 Å². The van der Waals surface area contributed by atoms with Crippen molar-refractivity contribution in [3.63, 3.8) is 0 Å². The molecule has 6 heteroatoms. The first-order chi connectivity index (χ1) is 9.63. The molecule has 1 saturated heterocycles. The van der Waals surface area contributed by atoms with Gasteiger partial charge >= 0.3 is 0 Å². The Bertz CT molecular complexity index is 526. The Balaban J connectivity index is 1.89. The van der Waals surface area contributed by atoms with Gasteiger partial charge in [0.15, 0.2) is 0 Å². The second kappa shape index (κ2) is 6.18. The number of para-hydroxylation sites is 1. The van der Waals surface area contributed by atoms with Crippen molar-refractivity contribution in [1.29, 1.82) is 0 Å².